The molecule has 7 atom stereocenters. The first-order valence-electron chi connectivity index (χ1n) is 9.62. The minimum absolute atomic E-state index is 0.123. The number of hydrogen-bond acceptors (Lipinski definition) is 2. The van der Waals surface area contributed by atoms with Gasteiger partial charge in [0.1, 0.15) is 0 Å². The van der Waals surface area contributed by atoms with Crippen LogP contribution in [0.1, 0.15) is 65.7 Å². The van der Waals surface area contributed by atoms with Gasteiger partial charge in [0.25, 0.3) is 0 Å². The van der Waals surface area contributed by atoms with Crippen LogP contribution < -0.4 is 0 Å². The van der Waals surface area contributed by atoms with Gasteiger partial charge in [-0.05, 0) is 86.0 Å². The maximum atomic E-state index is 10.6. The van der Waals surface area contributed by atoms with Crippen LogP contribution >= 0.6 is 0 Å². The van der Waals surface area contributed by atoms with Gasteiger partial charge in [-0.3, -0.25) is 0 Å². The Hall–Kier alpha value is -0.600. The van der Waals surface area contributed by atoms with Gasteiger partial charge in [-0.2, -0.15) is 0 Å². The first-order valence-corrected chi connectivity index (χ1v) is 9.62. The Morgan fingerprint density at radius 3 is 2.57 bits per heavy atom. The van der Waals surface area contributed by atoms with Crippen molar-refractivity contribution in [1.29, 1.82) is 0 Å². The van der Waals surface area contributed by atoms with Crippen molar-refractivity contribution in [1.82, 2.24) is 0 Å². The molecule has 0 aliphatic heterocycles. The Balaban J connectivity index is 1.70. The minimum Gasteiger partial charge on any atom is -0.393 e. The predicted molar refractivity (Wildman–Crippen MR) is 92.9 cm³/mol. The van der Waals surface area contributed by atoms with Crippen LogP contribution in [0.4, 0.5) is 0 Å². The third-order valence-corrected chi connectivity index (χ3v) is 8.27. The lowest BCUT2D eigenvalue weighted by atomic mass is 9.48. The van der Waals surface area contributed by atoms with E-state index in [1.807, 2.05) is 0 Å². The summed E-state index contributed by atoms with van der Waals surface area (Å²) in [5, 5.41) is 20.7. The van der Waals surface area contributed by atoms with Gasteiger partial charge in [0.2, 0.25) is 0 Å². The Bertz CT molecular complexity index is 562. The zero-order valence-electron chi connectivity index (χ0n) is 14.9. The zero-order valence-corrected chi connectivity index (χ0v) is 14.9. The van der Waals surface area contributed by atoms with E-state index < -0.39 is 0 Å². The number of rotatable bonds is 0. The molecule has 3 fully saturated rings. The highest BCUT2D eigenvalue weighted by molar-refractivity contribution is 5.31. The summed E-state index contributed by atoms with van der Waals surface area (Å²) in [5.74, 6) is 2.09. The predicted octanol–water partition coefficient (Wildman–Crippen LogP) is 4.23. The fourth-order valence-electron chi connectivity index (χ4n) is 7.03. The van der Waals surface area contributed by atoms with Crippen LogP contribution in [0.5, 0.6) is 0 Å². The largest absolute Gasteiger partial charge is 0.393 e. The number of aliphatic hydroxyl groups is 2. The molecule has 23 heavy (non-hydrogen) atoms. The molecule has 0 radical (unpaired) electrons. The van der Waals surface area contributed by atoms with E-state index in [-0.39, 0.29) is 17.6 Å². The molecule has 0 amide bonds. The summed E-state index contributed by atoms with van der Waals surface area (Å²) < 4.78 is 0. The van der Waals surface area contributed by atoms with Crippen molar-refractivity contribution in [3.63, 3.8) is 0 Å². The van der Waals surface area contributed by atoms with Crippen molar-refractivity contribution < 1.29 is 10.2 Å². The molecule has 128 valence electrons. The average molecular weight is 316 g/mol. The van der Waals surface area contributed by atoms with Gasteiger partial charge in [-0.15, -0.1) is 0 Å². The first-order chi connectivity index (χ1) is 10.9. The molecule has 2 N–H and O–H groups in total. The van der Waals surface area contributed by atoms with Crippen LogP contribution in [-0.4, -0.2) is 22.4 Å². The normalized spacial score (nSPS) is 54.2. The Morgan fingerprint density at radius 2 is 1.83 bits per heavy atom. The van der Waals surface area contributed by atoms with Gasteiger partial charge in [0.15, 0.2) is 0 Å². The molecule has 0 bridgehead atoms. The Labute approximate surface area is 140 Å². The lowest BCUT2D eigenvalue weighted by molar-refractivity contribution is -0.0278. The van der Waals surface area contributed by atoms with Crippen LogP contribution in [0.3, 0.4) is 0 Å². The summed E-state index contributed by atoms with van der Waals surface area (Å²) in [5.41, 5.74) is 3.35. The van der Waals surface area contributed by atoms with Crippen molar-refractivity contribution in [2.45, 2.75) is 77.9 Å². The SMILES string of the molecule is CC=C1[C@@H](O)C[C@@H]2[C@@H]3CC=C4C[C@@H](O)CC[C@]4(C)[C@H]3CC[C@]12C. The molecule has 0 aromatic heterocycles. The first kappa shape index (κ1) is 15.9. The highest BCUT2D eigenvalue weighted by Gasteiger charge is 2.58. The molecule has 2 heteroatoms. The highest BCUT2D eigenvalue weighted by atomic mass is 16.3. The minimum atomic E-state index is -0.222. The third kappa shape index (κ3) is 2.07. The molecule has 4 aliphatic carbocycles. The smallest absolute Gasteiger partial charge is 0.0758 e. The summed E-state index contributed by atoms with van der Waals surface area (Å²) in [6.07, 6.45) is 11.9. The van der Waals surface area contributed by atoms with E-state index in [2.05, 4.69) is 32.9 Å². The van der Waals surface area contributed by atoms with Gasteiger partial charge in [0, 0.05) is 0 Å². The Morgan fingerprint density at radius 1 is 1.09 bits per heavy atom. The van der Waals surface area contributed by atoms with Crippen LogP contribution in [-0.2, 0) is 0 Å². The van der Waals surface area contributed by atoms with Crippen molar-refractivity contribution >= 4 is 0 Å². The van der Waals surface area contributed by atoms with E-state index in [9.17, 15) is 10.2 Å². The van der Waals surface area contributed by atoms with Crippen molar-refractivity contribution in [2.75, 3.05) is 0 Å². The van der Waals surface area contributed by atoms with Crippen LogP contribution in [0.15, 0.2) is 23.3 Å². The van der Waals surface area contributed by atoms with Crippen LogP contribution in [0.25, 0.3) is 0 Å². The fraction of sp³-hybridized carbons (Fsp3) is 0.810. The average Bonchev–Trinajstić information content (AvgIpc) is 2.77. The van der Waals surface area contributed by atoms with Crippen molar-refractivity contribution in [3.8, 4) is 0 Å². The quantitative estimate of drug-likeness (QED) is 0.657. The molecule has 0 unspecified atom stereocenters. The van der Waals surface area contributed by atoms with E-state index in [1.54, 1.807) is 0 Å². The second kappa shape index (κ2) is 5.20. The van der Waals surface area contributed by atoms with E-state index in [4.69, 9.17) is 0 Å². The van der Waals surface area contributed by atoms with E-state index in [1.165, 1.54) is 24.0 Å². The highest BCUT2D eigenvalue weighted by Crippen LogP contribution is 2.66. The summed E-state index contributed by atoms with van der Waals surface area (Å²) in [7, 11) is 0. The molecule has 0 aromatic rings. The second-order valence-corrected chi connectivity index (χ2v) is 9.11. The molecule has 0 saturated heterocycles. The fourth-order valence-corrected chi connectivity index (χ4v) is 7.03. The van der Waals surface area contributed by atoms with Crippen molar-refractivity contribution in [3.05, 3.63) is 23.3 Å². The van der Waals surface area contributed by atoms with Gasteiger partial charge in [0.05, 0.1) is 12.2 Å². The summed E-state index contributed by atoms with van der Waals surface area (Å²) in [6.45, 7) is 6.97. The third-order valence-electron chi connectivity index (χ3n) is 8.27. The Kier molecular flexibility index (Phi) is 3.59. The van der Waals surface area contributed by atoms with Crippen LogP contribution in [0, 0.1) is 28.6 Å². The second-order valence-electron chi connectivity index (χ2n) is 9.11. The number of fused-ring (bicyclic) bond motifs is 5. The number of aliphatic hydroxyl groups excluding tert-OH is 2. The molecule has 0 aromatic carbocycles. The van der Waals surface area contributed by atoms with E-state index in [0.717, 1.165) is 38.0 Å². The van der Waals surface area contributed by atoms with E-state index >= 15 is 0 Å². The summed E-state index contributed by atoms with van der Waals surface area (Å²) in [4.78, 5) is 0. The summed E-state index contributed by atoms with van der Waals surface area (Å²) in [6, 6.07) is 0. The summed E-state index contributed by atoms with van der Waals surface area (Å²) >= 11 is 0. The molecule has 2 nitrogen and oxygen atoms in total. The lowest BCUT2D eigenvalue weighted by Gasteiger charge is -2.57. The molecule has 0 heterocycles. The van der Waals surface area contributed by atoms with Gasteiger partial charge < -0.3 is 10.2 Å². The van der Waals surface area contributed by atoms with Crippen LogP contribution in [0.2, 0.25) is 0 Å². The molecule has 4 rings (SSSR count). The monoisotopic (exact) mass is 316 g/mol. The van der Waals surface area contributed by atoms with E-state index in [0.29, 0.717) is 17.3 Å². The molecule has 4 aliphatic rings. The standard InChI is InChI=1S/C21H32O2/c1-4-16-19(23)12-18-15-6-5-13-11-14(22)7-9-20(13,2)17(15)8-10-21(16,18)3/h4-5,14-15,17-19,22-23H,6-12H2,1-3H3/t14-,15+,17-,18+,19-,20-,21+/m0/s1. The molecular weight excluding hydrogens is 284 g/mol. The maximum absolute atomic E-state index is 10.6. The molecular formula is C21H32O2. The topological polar surface area (TPSA) is 40.5 Å². The van der Waals surface area contributed by atoms with Crippen molar-refractivity contribution in [2.24, 2.45) is 28.6 Å². The van der Waals surface area contributed by atoms with Gasteiger partial charge >= 0.3 is 0 Å². The lowest BCUT2D eigenvalue weighted by Crippen LogP contribution is -2.49. The number of hydrogen-bond donors (Lipinski definition) is 2. The zero-order chi connectivity index (χ0) is 16.4. The maximum Gasteiger partial charge on any atom is 0.0758 e. The number of allylic oxidation sites excluding steroid dienone is 2. The van der Waals surface area contributed by atoms with Gasteiger partial charge in [-0.1, -0.05) is 31.6 Å². The molecule has 3 saturated carbocycles. The van der Waals surface area contributed by atoms with Gasteiger partial charge in [-0.25, -0.2) is 0 Å². The molecule has 0 spiro atoms.